The molecule has 0 saturated heterocycles. The maximum absolute atomic E-state index is 13.4. The maximum Gasteiger partial charge on any atom is 0.435 e. The first-order valence-corrected chi connectivity index (χ1v) is 7.06. The quantitative estimate of drug-likeness (QED) is 0.696. The average molecular weight is 335 g/mol. The van der Waals surface area contributed by atoms with Crippen LogP contribution in [0.5, 0.6) is 0 Å². The van der Waals surface area contributed by atoms with Crippen LogP contribution in [0.15, 0.2) is 48.5 Å². The minimum absolute atomic E-state index is 0.153. The van der Waals surface area contributed by atoms with Gasteiger partial charge in [0.15, 0.2) is 5.69 Å². The predicted molar refractivity (Wildman–Crippen MR) is 83.1 cm³/mol. The zero-order valence-corrected chi connectivity index (χ0v) is 12.6. The molecule has 0 unspecified atom stereocenters. The Morgan fingerprint density at radius 2 is 1.71 bits per heavy atom. The summed E-state index contributed by atoms with van der Waals surface area (Å²) in [4.78, 5) is 0. The maximum atomic E-state index is 13.4. The molecule has 0 spiro atoms. The lowest BCUT2D eigenvalue weighted by molar-refractivity contribution is -0.140. The van der Waals surface area contributed by atoms with Gasteiger partial charge in [0.25, 0.3) is 0 Å². The number of benzene rings is 2. The fourth-order valence-electron chi connectivity index (χ4n) is 2.49. The van der Waals surface area contributed by atoms with E-state index in [-0.39, 0.29) is 16.9 Å². The fraction of sp³-hybridized carbons (Fsp3) is 0.118. The average Bonchev–Trinajstić information content (AvgIpc) is 2.86. The first-order valence-electron chi connectivity index (χ1n) is 7.06. The molecule has 0 bridgehead atoms. The van der Waals surface area contributed by atoms with Gasteiger partial charge in [-0.15, -0.1) is 0 Å². The summed E-state index contributed by atoms with van der Waals surface area (Å²) in [7, 11) is 0. The van der Waals surface area contributed by atoms with Crippen molar-refractivity contribution in [3.05, 3.63) is 65.6 Å². The Bertz CT molecular complexity index is 880. The van der Waals surface area contributed by atoms with E-state index in [1.54, 1.807) is 18.2 Å². The third-order valence-corrected chi connectivity index (χ3v) is 3.57. The van der Waals surface area contributed by atoms with Crippen LogP contribution in [0.25, 0.3) is 16.8 Å². The summed E-state index contributed by atoms with van der Waals surface area (Å²) < 4.78 is 54.3. The number of nitrogen functional groups attached to an aromatic ring is 1. The van der Waals surface area contributed by atoms with Crippen molar-refractivity contribution in [2.75, 3.05) is 5.73 Å². The molecule has 2 aromatic carbocycles. The number of aryl methyl sites for hydroxylation is 1. The number of aromatic nitrogens is 2. The van der Waals surface area contributed by atoms with Crippen molar-refractivity contribution >= 4 is 5.82 Å². The smallest absolute Gasteiger partial charge is 0.383 e. The summed E-state index contributed by atoms with van der Waals surface area (Å²) >= 11 is 0. The molecular weight excluding hydrogens is 322 g/mol. The third-order valence-electron chi connectivity index (χ3n) is 3.57. The minimum Gasteiger partial charge on any atom is -0.383 e. The number of nitrogens with zero attached hydrogens (tertiary/aromatic N) is 2. The van der Waals surface area contributed by atoms with E-state index in [0.717, 1.165) is 22.4 Å². The molecule has 3 nitrogen and oxygen atoms in total. The molecule has 124 valence electrons. The van der Waals surface area contributed by atoms with Gasteiger partial charge in [-0.1, -0.05) is 24.3 Å². The number of hydrogen-bond acceptors (Lipinski definition) is 2. The van der Waals surface area contributed by atoms with Crippen LogP contribution in [-0.2, 0) is 6.18 Å². The molecule has 0 aliphatic carbocycles. The van der Waals surface area contributed by atoms with E-state index in [4.69, 9.17) is 5.73 Å². The molecule has 3 rings (SSSR count). The molecule has 0 aliphatic rings. The molecule has 2 N–H and O–H groups in total. The minimum atomic E-state index is -4.69. The van der Waals surface area contributed by atoms with Gasteiger partial charge in [0.05, 0.1) is 11.3 Å². The summed E-state index contributed by atoms with van der Waals surface area (Å²) in [6, 6.07) is 11.5. The largest absolute Gasteiger partial charge is 0.435 e. The van der Waals surface area contributed by atoms with Gasteiger partial charge in [0, 0.05) is 0 Å². The van der Waals surface area contributed by atoms with E-state index < -0.39 is 17.7 Å². The topological polar surface area (TPSA) is 43.8 Å². The second-order valence-corrected chi connectivity index (χ2v) is 5.36. The lowest BCUT2D eigenvalue weighted by Crippen LogP contribution is -2.08. The van der Waals surface area contributed by atoms with Gasteiger partial charge >= 0.3 is 6.18 Å². The summed E-state index contributed by atoms with van der Waals surface area (Å²) in [6.07, 6.45) is -4.69. The molecular formula is C17H13F4N3. The Labute approximate surface area is 135 Å². The standard InChI is InChI=1S/C17H13F4N3/c1-10-3-2-4-13(9-10)24-16(22)14(15(23-24)17(19,20)21)11-5-7-12(18)8-6-11/h2-9H,22H2,1H3. The van der Waals surface area contributed by atoms with Crippen LogP contribution in [-0.4, -0.2) is 9.78 Å². The Morgan fingerprint density at radius 3 is 2.29 bits per heavy atom. The van der Waals surface area contributed by atoms with Crippen LogP contribution in [0.1, 0.15) is 11.3 Å². The Balaban J connectivity index is 2.26. The van der Waals surface area contributed by atoms with Gasteiger partial charge in [-0.3, -0.25) is 0 Å². The van der Waals surface area contributed by atoms with Crippen molar-refractivity contribution in [2.24, 2.45) is 0 Å². The summed E-state index contributed by atoms with van der Waals surface area (Å²) in [5, 5.41) is 3.66. The number of nitrogens with two attached hydrogens (primary N) is 1. The van der Waals surface area contributed by atoms with Crippen LogP contribution in [0.3, 0.4) is 0 Å². The number of anilines is 1. The van der Waals surface area contributed by atoms with Crippen LogP contribution in [0, 0.1) is 12.7 Å². The monoisotopic (exact) mass is 335 g/mol. The van der Waals surface area contributed by atoms with Crippen molar-refractivity contribution < 1.29 is 17.6 Å². The highest BCUT2D eigenvalue weighted by Gasteiger charge is 2.39. The number of hydrogen-bond donors (Lipinski definition) is 1. The van der Waals surface area contributed by atoms with Crippen LogP contribution >= 0.6 is 0 Å². The van der Waals surface area contributed by atoms with Crippen molar-refractivity contribution in [3.63, 3.8) is 0 Å². The van der Waals surface area contributed by atoms with Gasteiger partial charge < -0.3 is 5.73 Å². The van der Waals surface area contributed by atoms with Crippen LogP contribution < -0.4 is 5.73 Å². The zero-order chi connectivity index (χ0) is 17.5. The van der Waals surface area contributed by atoms with E-state index in [9.17, 15) is 17.6 Å². The SMILES string of the molecule is Cc1cccc(-n2nc(C(F)(F)F)c(-c3ccc(F)cc3)c2N)c1. The van der Waals surface area contributed by atoms with E-state index in [1.165, 1.54) is 12.1 Å². The summed E-state index contributed by atoms with van der Waals surface area (Å²) in [5.74, 6) is -0.698. The lowest BCUT2D eigenvalue weighted by atomic mass is 10.1. The molecule has 0 amide bonds. The molecule has 0 saturated carbocycles. The third kappa shape index (κ3) is 2.84. The van der Waals surface area contributed by atoms with Crippen molar-refractivity contribution in [1.82, 2.24) is 9.78 Å². The Kier molecular flexibility index (Phi) is 3.79. The lowest BCUT2D eigenvalue weighted by Gasteiger charge is -2.07. The molecule has 0 radical (unpaired) electrons. The van der Waals surface area contributed by atoms with Gasteiger partial charge in [-0.2, -0.15) is 18.3 Å². The van der Waals surface area contributed by atoms with Gasteiger partial charge in [0.2, 0.25) is 0 Å². The number of halogens is 4. The summed E-state index contributed by atoms with van der Waals surface area (Å²) in [6.45, 7) is 1.81. The fourth-order valence-corrected chi connectivity index (χ4v) is 2.49. The van der Waals surface area contributed by atoms with E-state index >= 15 is 0 Å². The first-order chi connectivity index (χ1) is 11.3. The summed E-state index contributed by atoms with van der Waals surface area (Å²) in [5.41, 5.74) is 6.03. The van der Waals surface area contributed by atoms with Crippen LogP contribution in [0.4, 0.5) is 23.4 Å². The molecule has 7 heteroatoms. The van der Waals surface area contributed by atoms with Crippen molar-refractivity contribution in [1.29, 1.82) is 0 Å². The highest BCUT2D eigenvalue weighted by atomic mass is 19.4. The highest BCUT2D eigenvalue weighted by Crippen LogP contribution is 2.40. The highest BCUT2D eigenvalue weighted by molar-refractivity contribution is 5.78. The molecule has 0 atom stereocenters. The second kappa shape index (κ2) is 5.67. The van der Waals surface area contributed by atoms with Gasteiger partial charge in [-0.25, -0.2) is 9.07 Å². The number of rotatable bonds is 2. The Morgan fingerprint density at radius 1 is 1.04 bits per heavy atom. The second-order valence-electron chi connectivity index (χ2n) is 5.36. The number of alkyl halides is 3. The molecule has 1 heterocycles. The normalized spacial score (nSPS) is 11.7. The van der Waals surface area contributed by atoms with Crippen molar-refractivity contribution in [2.45, 2.75) is 13.1 Å². The van der Waals surface area contributed by atoms with Crippen LogP contribution in [0.2, 0.25) is 0 Å². The molecule has 0 aliphatic heterocycles. The zero-order valence-electron chi connectivity index (χ0n) is 12.6. The molecule has 3 aromatic rings. The van der Waals surface area contributed by atoms with E-state index in [0.29, 0.717) is 5.69 Å². The molecule has 1 aromatic heterocycles. The molecule has 0 fully saturated rings. The Hall–Kier alpha value is -2.83. The molecule has 24 heavy (non-hydrogen) atoms. The predicted octanol–water partition coefficient (Wildman–Crippen LogP) is 4.59. The van der Waals surface area contributed by atoms with E-state index in [1.807, 2.05) is 13.0 Å². The van der Waals surface area contributed by atoms with Gasteiger partial charge in [-0.05, 0) is 42.3 Å². The van der Waals surface area contributed by atoms with E-state index in [2.05, 4.69) is 5.10 Å². The van der Waals surface area contributed by atoms with Crippen molar-refractivity contribution in [3.8, 4) is 16.8 Å². The first kappa shape index (κ1) is 16.0. The van der Waals surface area contributed by atoms with Gasteiger partial charge in [0.1, 0.15) is 11.6 Å².